The lowest BCUT2D eigenvalue weighted by molar-refractivity contribution is -0.137. The molecule has 1 aromatic carbocycles. The quantitative estimate of drug-likeness (QED) is 0.759. The SMILES string of the molecule is O=S(=O)(Cl)c1ccc2ccc(C(F)(F)F)cc2n1. The Morgan fingerprint density at radius 2 is 1.72 bits per heavy atom. The highest BCUT2D eigenvalue weighted by Crippen LogP contribution is 2.31. The van der Waals surface area contributed by atoms with Gasteiger partial charge in [-0.3, -0.25) is 0 Å². The van der Waals surface area contributed by atoms with Crippen molar-refractivity contribution >= 4 is 30.6 Å². The maximum Gasteiger partial charge on any atom is 0.416 e. The molecule has 1 aromatic heterocycles. The number of fused-ring (bicyclic) bond motifs is 1. The number of aromatic nitrogens is 1. The van der Waals surface area contributed by atoms with Gasteiger partial charge in [-0.05, 0) is 24.3 Å². The molecule has 8 heteroatoms. The average Bonchev–Trinajstić information content (AvgIpc) is 2.25. The number of rotatable bonds is 1. The van der Waals surface area contributed by atoms with Crippen molar-refractivity contribution in [2.45, 2.75) is 11.2 Å². The van der Waals surface area contributed by atoms with Crippen molar-refractivity contribution in [3.8, 4) is 0 Å². The zero-order chi connectivity index (χ0) is 13.6. The van der Waals surface area contributed by atoms with Gasteiger partial charge in [-0.15, -0.1) is 0 Å². The first kappa shape index (κ1) is 13.1. The van der Waals surface area contributed by atoms with Gasteiger partial charge in [-0.25, -0.2) is 13.4 Å². The van der Waals surface area contributed by atoms with Gasteiger partial charge in [0.2, 0.25) is 0 Å². The third kappa shape index (κ3) is 2.56. The van der Waals surface area contributed by atoms with E-state index in [9.17, 15) is 21.6 Å². The van der Waals surface area contributed by atoms with Gasteiger partial charge in [0.05, 0.1) is 11.1 Å². The van der Waals surface area contributed by atoms with E-state index in [1.165, 1.54) is 12.1 Å². The van der Waals surface area contributed by atoms with Crippen LogP contribution in [-0.4, -0.2) is 13.4 Å². The Labute approximate surface area is 105 Å². The highest BCUT2D eigenvalue weighted by atomic mass is 35.7. The Morgan fingerprint density at radius 1 is 1.11 bits per heavy atom. The summed E-state index contributed by atoms with van der Waals surface area (Å²) in [5.74, 6) is 0. The Kier molecular flexibility index (Phi) is 2.98. The van der Waals surface area contributed by atoms with E-state index in [4.69, 9.17) is 10.7 Å². The fourth-order valence-corrected chi connectivity index (χ4v) is 2.11. The van der Waals surface area contributed by atoms with Crippen LogP contribution in [0, 0.1) is 0 Å². The summed E-state index contributed by atoms with van der Waals surface area (Å²) >= 11 is 0. The van der Waals surface area contributed by atoms with Gasteiger partial charge in [-0.2, -0.15) is 13.2 Å². The van der Waals surface area contributed by atoms with Crippen LogP contribution in [0.2, 0.25) is 0 Å². The van der Waals surface area contributed by atoms with E-state index in [0.717, 1.165) is 18.2 Å². The van der Waals surface area contributed by atoms with Crippen molar-refractivity contribution in [3.63, 3.8) is 0 Å². The summed E-state index contributed by atoms with van der Waals surface area (Å²) in [7, 11) is 1.01. The molecule has 0 aliphatic carbocycles. The van der Waals surface area contributed by atoms with Gasteiger partial charge in [0.25, 0.3) is 9.05 Å². The van der Waals surface area contributed by atoms with Gasteiger partial charge in [0.1, 0.15) is 0 Å². The van der Waals surface area contributed by atoms with Crippen molar-refractivity contribution in [2.75, 3.05) is 0 Å². The van der Waals surface area contributed by atoms with E-state index in [2.05, 4.69) is 4.98 Å². The first-order valence-corrected chi connectivity index (χ1v) is 6.91. The lowest BCUT2D eigenvalue weighted by Crippen LogP contribution is -2.05. The summed E-state index contributed by atoms with van der Waals surface area (Å²) in [6, 6.07) is 5.38. The zero-order valence-corrected chi connectivity index (χ0v) is 10.1. The van der Waals surface area contributed by atoms with E-state index in [-0.39, 0.29) is 5.52 Å². The standard InChI is InChI=1S/C10H5ClF3NO2S/c11-18(16,17)9-4-2-6-1-3-7(10(12,13)14)5-8(6)15-9/h1-5H. The molecule has 0 amide bonds. The molecule has 0 saturated heterocycles. The van der Waals surface area contributed by atoms with Crippen LogP contribution in [0.4, 0.5) is 13.2 Å². The topological polar surface area (TPSA) is 47.0 Å². The van der Waals surface area contributed by atoms with Crippen molar-refractivity contribution in [3.05, 3.63) is 35.9 Å². The van der Waals surface area contributed by atoms with Gasteiger partial charge >= 0.3 is 6.18 Å². The van der Waals surface area contributed by atoms with Crippen LogP contribution in [-0.2, 0) is 15.2 Å². The molecule has 2 aromatic rings. The number of alkyl halides is 3. The molecule has 1 heterocycles. The van der Waals surface area contributed by atoms with Gasteiger partial charge in [0.15, 0.2) is 5.03 Å². The number of nitrogens with zero attached hydrogens (tertiary/aromatic N) is 1. The summed E-state index contributed by atoms with van der Waals surface area (Å²) in [5.41, 5.74) is -0.974. The van der Waals surface area contributed by atoms with Crippen LogP contribution in [0.15, 0.2) is 35.4 Å². The summed E-state index contributed by atoms with van der Waals surface area (Å²) < 4.78 is 59.5. The van der Waals surface area contributed by atoms with Crippen molar-refractivity contribution in [1.29, 1.82) is 0 Å². The van der Waals surface area contributed by atoms with Gasteiger partial charge in [-0.1, -0.05) is 6.07 Å². The smallest absolute Gasteiger partial charge is 0.235 e. The normalized spacial score (nSPS) is 12.9. The minimum atomic E-state index is -4.51. The molecular formula is C10H5ClF3NO2S. The maximum absolute atomic E-state index is 12.5. The van der Waals surface area contributed by atoms with E-state index < -0.39 is 25.8 Å². The largest absolute Gasteiger partial charge is 0.416 e. The molecule has 2 rings (SSSR count). The highest BCUT2D eigenvalue weighted by molar-refractivity contribution is 8.13. The molecule has 0 N–H and O–H groups in total. The molecule has 0 atom stereocenters. The molecule has 0 spiro atoms. The highest BCUT2D eigenvalue weighted by Gasteiger charge is 2.30. The fraction of sp³-hybridized carbons (Fsp3) is 0.100. The Balaban J connectivity index is 2.68. The van der Waals surface area contributed by atoms with E-state index in [1.54, 1.807) is 0 Å². The lowest BCUT2D eigenvalue weighted by atomic mass is 10.1. The second-order valence-electron chi connectivity index (χ2n) is 3.49. The van der Waals surface area contributed by atoms with Crippen molar-refractivity contribution < 1.29 is 21.6 Å². The Hall–Kier alpha value is -1.34. The van der Waals surface area contributed by atoms with Gasteiger partial charge < -0.3 is 0 Å². The van der Waals surface area contributed by atoms with Crippen LogP contribution in [0.5, 0.6) is 0 Å². The molecule has 96 valence electrons. The Bertz CT molecular complexity index is 713. The molecule has 0 fully saturated rings. The third-order valence-electron chi connectivity index (χ3n) is 2.24. The van der Waals surface area contributed by atoms with Crippen molar-refractivity contribution in [2.24, 2.45) is 0 Å². The first-order chi connectivity index (χ1) is 8.18. The van der Waals surface area contributed by atoms with Crippen LogP contribution in [0.25, 0.3) is 10.9 Å². The number of benzene rings is 1. The third-order valence-corrected chi connectivity index (χ3v) is 3.44. The summed E-state index contributed by atoms with van der Waals surface area (Å²) in [5, 5.41) is -0.0805. The minimum Gasteiger partial charge on any atom is -0.235 e. The van der Waals surface area contributed by atoms with Crippen LogP contribution < -0.4 is 0 Å². The molecule has 0 radical (unpaired) electrons. The van der Waals surface area contributed by atoms with E-state index in [1.807, 2.05) is 0 Å². The summed E-state index contributed by atoms with van der Waals surface area (Å²) in [4.78, 5) is 3.60. The van der Waals surface area contributed by atoms with Crippen molar-refractivity contribution in [1.82, 2.24) is 4.98 Å². The predicted molar refractivity (Wildman–Crippen MR) is 59.8 cm³/mol. The number of pyridine rings is 1. The molecule has 0 bridgehead atoms. The minimum absolute atomic E-state index is 0.0773. The predicted octanol–water partition coefficient (Wildman–Crippen LogP) is 3.18. The van der Waals surface area contributed by atoms with E-state index >= 15 is 0 Å². The number of hydrogen-bond donors (Lipinski definition) is 0. The van der Waals surface area contributed by atoms with Crippen LogP contribution in [0.3, 0.4) is 0 Å². The molecule has 0 unspecified atom stereocenters. The van der Waals surface area contributed by atoms with E-state index in [0.29, 0.717) is 5.39 Å². The van der Waals surface area contributed by atoms with Gasteiger partial charge in [0, 0.05) is 16.1 Å². The molecular weight excluding hydrogens is 291 g/mol. The zero-order valence-electron chi connectivity index (χ0n) is 8.57. The summed E-state index contributed by atoms with van der Waals surface area (Å²) in [6.45, 7) is 0. The second kappa shape index (κ2) is 4.10. The molecule has 0 aliphatic heterocycles. The molecule has 3 nitrogen and oxygen atoms in total. The van der Waals surface area contributed by atoms with Crippen LogP contribution >= 0.6 is 10.7 Å². The maximum atomic E-state index is 12.5. The Morgan fingerprint density at radius 3 is 2.28 bits per heavy atom. The van der Waals surface area contributed by atoms with Crippen LogP contribution in [0.1, 0.15) is 5.56 Å². The number of hydrogen-bond acceptors (Lipinski definition) is 3. The average molecular weight is 296 g/mol. The molecule has 0 saturated carbocycles. The molecule has 0 aliphatic rings. The monoisotopic (exact) mass is 295 g/mol. The second-order valence-corrected chi connectivity index (χ2v) is 6.01. The molecule has 18 heavy (non-hydrogen) atoms. The summed E-state index contributed by atoms with van der Waals surface area (Å²) in [6.07, 6.45) is -4.51. The number of halogens is 4. The fourth-order valence-electron chi connectivity index (χ4n) is 1.41. The lowest BCUT2D eigenvalue weighted by Gasteiger charge is -2.07. The first-order valence-electron chi connectivity index (χ1n) is 4.60.